The van der Waals surface area contributed by atoms with Crippen molar-refractivity contribution in [2.24, 2.45) is 0 Å². The Morgan fingerprint density at radius 1 is 0.741 bits per heavy atom. The molecule has 0 saturated carbocycles. The van der Waals surface area contributed by atoms with Crippen LogP contribution in [0.3, 0.4) is 0 Å². The van der Waals surface area contributed by atoms with Gasteiger partial charge >= 0.3 is 0 Å². The molecule has 0 aliphatic heterocycles. The Labute approximate surface area is 170 Å². The largest absolute Gasteiger partial charge is 0.294 e. The van der Waals surface area contributed by atoms with E-state index in [-0.39, 0.29) is 11.0 Å². The normalized spacial score (nSPS) is 9.44. The second kappa shape index (κ2) is 14.2. The van der Waals surface area contributed by atoms with E-state index >= 15 is 0 Å². The summed E-state index contributed by atoms with van der Waals surface area (Å²) in [6, 6.07) is 14.3. The lowest BCUT2D eigenvalue weighted by Gasteiger charge is -2.03. The van der Waals surface area contributed by atoms with Crippen molar-refractivity contribution in [3.63, 3.8) is 0 Å². The zero-order valence-corrected chi connectivity index (χ0v) is 18.3. The molecule has 2 rings (SSSR count). The molecular formula is C24H33ClO2. The second-order valence-corrected chi connectivity index (χ2v) is 7.08. The third-order valence-electron chi connectivity index (χ3n) is 4.18. The highest BCUT2D eigenvalue weighted by molar-refractivity contribution is 6.63. The molecule has 2 nitrogen and oxygen atoms in total. The molecule has 0 unspecified atom stereocenters. The van der Waals surface area contributed by atoms with Crippen molar-refractivity contribution in [3.05, 3.63) is 70.3 Å². The van der Waals surface area contributed by atoms with Gasteiger partial charge in [-0.25, -0.2) is 0 Å². The Bertz CT molecular complexity index is 699. The van der Waals surface area contributed by atoms with Crippen molar-refractivity contribution >= 4 is 22.6 Å². The molecule has 0 saturated heterocycles. The number of aryl methyl sites for hydroxylation is 4. The van der Waals surface area contributed by atoms with Gasteiger partial charge in [-0.3, -0.25) is 9.59 Å². The van der Waals surface area contributed by atoms with Gasteiger partial charge < -0.3 is 0 Å². The molecule has 0 heterocycles. The van der Waals surface area contributed by atoms with Crippen LogP contribution < -0.4 is 0 Å². The van der Waals surface area contributed by atoms with Gasteiger partial charge in [-0.1, -0.05) is 50.2 Å². The average molecular weight is 389 g/mol. The lowest BCUT2D eigenvalue weighted by atomic mass is 10.0. The molecule has 0 amide bonds. The highest BCUT2D eigenvalue weighted by Gasteiger charge is 2.04. The summed E-state index contributed by atoms with van der Waals surface area (Å²) in [6.45, 7) is 12.3. The van der Waals surface area contributed by atoms with E-state index in [2.05, 4.69) is 45.0 Å². The molecule has 0 bridgehead atoms. The standard InChI is InChI=1S/C12H16O.C8H10.C4H7ClO/c1-4-5-12(13)11-7-6-9(2)10(3)8-11;1-7-5-3-4-6-8(7)2;1-2-3-4(5)6/h6-8H,4-5H2,1-3H3;3-6H,1-2H3;2-3H2,1H3. The minimum Gasteiger partial charge on any atom is -0.294 e. The molecular weight excluding hydrogens is 356 g/mol. The molecule has 2 aromatic carbocycles. The average Bonchev–Trinajstić information content (AvgIpc) is 2.61. The Morgan fingerprint density at radius 3 is 1.56 bits per heavy atom. The molecule has 0 aliphatic carbocycles. The van der Waals surface area contributed by atoms with Crippen LogP contribution in [0.15, 0.2) is 42.5 Å². The van der Waals surface area contributed by atoms with E-state index in [1.807, 2.05) is 39.0 Å². The van der Waals surface area contributed by atoms with Gasteiger partial charge in [-0.05, 0) is 80.5 Å². The van der Waals surface area contributed by atoms with Gasteiger partial charge in [-0.2, -0.15) is 0 Å². The van der Waals surface area contributed by atoms with E-state index in [1.165, 1.54) is 22.3 Å². The monoisotopic (exact) mass is 388 g/mol. The minimum absolute atomic E-state index is 0.238. The van der Waals surface area contributed by atoms with Crippen molar-refractivity contribution < 1.29 is 9.59 Å². The number of halogens is 1. The Kier molecular flexibility index (Phi) is 13.2. The maximum Gasteiger partial charge on any atom is 0.221 e. The molecule has 0 spiro atoms. The topological polar surface area (TPSA) is 34.1 Å². The quantitative estimate of drug-likeness (QED) is 0.402. The number of benzene rings is 2. The van der Waals surface area contributed by atoms with Crippen LogP contribution in [0.25, 0.3) is 0 Å². The summed E-state index contributed by atoms with van der Waals surface area (Å²) in [5.41, 5.74) is 6.03. The van der Waals surface area contributed by atoms with Gasteiger partial charge in [0.15, 0.2) is 5.78 Å². The summed E-state index contributed by atoms with van der Waals surface area (Å²) in [7, 11) is 0. The molecule has 0 N–H and O–H groups in total. The number of ketones is 1. The van der Waals surface area contributed by atoms with Crippen LogP contribution >= 0.6 is 11.6 Å². The number of hydrogen-bond acceptors (Lipinski definition) is 2. The zero-order valence-electron chi connectivity index (χ0n) is 17.6. The second-order valence-electron chi connectivity index (χ2n) is 6.66. The zero-order chi connectivity index (χ0) is 20.8. The van der Waals surface area contributed by atoms with Crippen molar-refractivity contribution in [2.45, 2.75) is 67.2 Å². The first-order chi connectivity index (χ1) is 12.7. The van der Waals surface area contributed by atoms with Gasteiger partial charge in [0.05, 0.1) is 0 Å². The van der Waals surface area contributed by atoms with Crippen LogP contribution in [0.5, 0.6) is 0 Å². The van der Waals surface area contributed by atoms with Crippen molar-refractivity contribution in [1.82, 2.24) is 0 Å². The molecule has 27 heavy (non-hydrogen) atoms. The van der Waals surface area contributed by atoms with E-state index in [4.69, 9.17) is 11.6 Å². The summed E-state index contributed by atoms with van der Waals surface area (Å²) in [5, 5.41) is -0.238. The number of hydrogen-bond donors (Lipinski definition) is 0. The maximum atomic E-state index is 11.5. The maximum absolute atomic E-state index is 11.5. The molecule has 0 radical (unpaired) electrons. The predicted molar refractivity (Wildman–Crippen MR) is 117 cm³/mol. The molecule has 0 atom stereocenters. The van der Waals surface area contributed by atoms with E-state index in [1.54, 1.807) is 0 Å². The lowest BCUT2D eigenvalue weighted by molar-refractivity contribution is -0.111. The fourth-order valence-corrected chi connectivity index (χ4v) is 2.33. The van der Waals surface area contributed by atoms with Crippen molar-refractivity contribution in [1.29, 1.82) is 0 Å². The Hall–Kier alpha value is -1.93. The highest BCUT2D eigenvalue weighted by Crippen LogP contribution is 2.12. The SMILES string of the molecule is CCCC(=O)Cl.CCCC(=O)c1ccc(C)c(C)c1.Cc1ccccc1C. The van der Waals surface area contributed by atoms with Crippen LogP contribution in [0.2, 0.25) is 0 Å². The molecule has 148 valence electrons. The van der Waals surface area contributed by atoms with E-state index in [9.17, 15) is 9.59 Å². The molecule has 0 aliphatic rings. The van der Waals surface area contributed by atoms with Gasteiger partial charge in [0.2, 0.25) is 5.24 Å². The molecule has 0 fully saturated rings. The van der Waals surface area contributed by atoms with E-state index in [0.717, 1.165) is 18.4 Å². The van der Waals surface area contributed by atoms with Gasteiger partial charge in [0, 0.05) is 18.4 Å². The highest BCUT2D eigenvalue weighted by atomic mass is 35.5. The number of Topliss-reactive ketones (excluding diaryl/α,β-unsaturated/α-hetero) is 1. The third-order valence-corrected chi connectivity index (χ3v) is 4.37. The smallest absolute Gasteiger partial charge is 0.221 e. The summed E-state index contributed by atoms with van der Waals surface area (Å²) < 4.78 is 0. The summed E-state index contributed by atoms with van der Waals surface area (Å²) >= 11 is 4.94. The fourth-order valence-electron chi connectivity index (χ4n) is 2.15. The van der Waals surface area contributed by atoms with Crippen molar-refractivity contribution in [3.8, 4) is 0 Å². The predicted octanol–water partition coefficient (Wildman–Crippen LogP) is 7.14. The van der Waals surface area contributed by atoms with Crippen LogP contribution in [-0.4, -0.2) is 11.0 Å². The van der Waals surface area contributed by atoms with Gasteiger partial charge in [-0.15, -0.1) is 0 Å². The van der Waals surface area contributed by atoms with Crippen LogP contribution in [-0.2, 0) is 4.79 Å². The van der Waals surface area contributed by atoms with E-state index < -0.39 is 0 Å². The van der Waals surface area contributed by atoms with Crippen LogP contribution in [0.4, 0.5) is 0 Å². The Balaban J connectivity index is 0.000000413. The fraction of sp³-hybridized carbons (Fsp3) is 0.417. The van der Waals surface area contributed by atoms with Crippen LogP contribution in [0.1, 0.15) is 72.1 Å². The molecule has 2 aromatic rings. The summed E-state index contributed by atoms with van der Waals surface area (Å²) in [4.78, 5) is 21.3. The van der Waals surface area contributed by atoms with Crippen molar-refractivity contribution in [2.75, 3.05) is 0 Å². The third kappa shape index (κ3) is 11.4. The van der Waals surface area contributed by atoms with E-state index in [0.29, 0.717) is 12.8 Å². The molecule has 3 heteroatoms. The first-order valence-corrected chi connectivity index (χ1v) is 9.91. The minimum atomic E-state index is -0.238. The van der Waals surface area contributed by atoms with Crippen LogP contribution in [0, 0.1) is 27.7 Å². The first-order valence-electron chi connectivity index (χ1n) is 9.53. The summed E-state index contributed by atoms with van der Waals surface area (Å²) in [5.74, 6) is 0.255. The Morgan fingerprint density at radius 2 is 1.22 bits per heavy atom. The summed E-state index contributed by atoms with van der Waals surface area (Å²) in [6.07, 6.45) is 2.93. The number of carbonyl (C=O) groups is 2. The van der Waals surface area contributed by atoms with Gasteiger partial charge in [0.25, 0.3) is 0 Å². The number of rotatable bonds is 5. The number of carbonyl (C=O) groups excluding carboxylic acids is 2. The van der Waals surface area contributed by atoms with Gasteiger partial charge in [0.1, 0.15) is 0 Å². The molecule has 0 aromatic heterocycles. The first kappa shape index (κ1) is 25.1. The lowest BCUT2D eigenvalue weighted by Crippen LogP contribution is -1.98.